The molecular formula is C30H44N2O2. The zero-order valence-corrected chi connectivity index (χ0v) is 21.8. The van der Waals surface area contributed by atoms with Crippen LogP contribution >= 0.6 is 0 Å². The second-order valence-electron chi connectivity index (χ2n) is 10.7. The van der Waals surface area contributed by atoms with Gasteiger partial charge in [0.05, 0.1) is 13.2 Å². The summed E-state index contributed by atoms with van der Waals surface area (Å²) in [5.74, 6) is 3.42. The van der Waals surface area contributed by atoms with E-state index >= 15 is 0 Å². The van der Waals surface area contributed by atoms with Gasteiger partial charge >= 0.3 is 0 Å². The predicted molar refractivity (Wildman–Crippen MR) is 141 cm³/mol. The molecule has 0 amide bonds. The van der Waals surface area contributed by atoms with E-state index in [4.69, 9.17) is 9.47 Å². The van der Waals surface area contributed by atoms with Gasteiger partial charge in [-0.15, -0.1) is 0 Å². The van der Waals surface area contributed by atoms with Gasteiger partial charge in [-0.2, -0.15) is 0 Å². The van der Waals surface area contributed by atoms with Gasteiger partial charge < -0.3 is 20.1 Å². The van der Waals surface area contributed by atoms with Gasteiger partial charge in [0.1, 0.15) is 11.5 Å². The largest absolute Gasteiger partial charge is 0.493 e. The summed E-state index contributed by atoms with van der Waals surface area (Å²) in [6, 6.07) is 9.27. The summed E-state index contributed by atoms with van der Waals surface area (Å²) in [5.41, 5.74) is 7.81. The third-order valence-electron chi connectivity index (χ3n) is 7.47. The number of ether oxygens (including phenoxy) is 2. The van der Waals surface area contributed by atoms with Crippen LogP contribution in [0.3, 0.4) is 0 Å². The Morgan fingerprint density at radius 1 is 0.647 bits per heavy atom. The molecule has 0 aliphatic carbocycles. The van der Waals surface area contributed by atoms with E-state index in [9.17, 15) is 0 Å². The number of piperidine rings is 2. The number of hydrogen-bond donors (Lipinski definition) is 2. The molecule has 186 valence electrons. The van der Waals surface area contributed by atoms with Crippen molar-refractivity contribution in [3.05, 3.63) is 57.6 Å². The van der Waals surface area contributed by atoms with Crippen molar-refractivity contribution in [1.82, 2.24) is 10.6 Å². The van der Waals surface area contributed by atoms with Crippen LogP contribution in [0.5, 0.6) is 11.5 Å². The molecule has 2 fully saturated rings. The van der Waals surface area contributed by atoms with E-state index in [1.54, 1.807) is 0 Å². The number of hydrogen-bond acceptors (Lipinski definition) is 4. The Balaban J connectivity index is 1.33. The van der Waals surface area contributed by atoms with Crippen molar-refractivity contribution in [2.45, 2.75) is 66.2 Å². The van der Waals surface area contributed by atoms with Crippen LogP contribution in [0, 0.1) is 39.5 Å². The Labute approximate surface area is 206 Å². The average Bonchev–Trinajstić information content (AvgIpc) is 2.83. The van der Waals surface area contributed by atoms with Crippen LogP contribution in [0.1, 0.15) is 59.1 Å². The molecule has 2 aliphatic rings. The highest BCUT2D eigenvalue weighted by atomic mass is 16.5. The quantitative estimate of drug-likeness (QED) is 0.517. The Morgan fingerprint density at radius 2 is 1.03 bits per heavy atom. The smallest absolute Gasteiger partial charge is 0.125 e. The fourth-order valence-corrected chi connectivity index (χ4v) is 5.65. The van der Waals surface area contributed by atoms with Crippen molar-refractivity contribution in [2.75, 3.05) is 39.4 Å². The lowest BCUT2D eigenvalue weighted by molar-refractivity contribution is 0.216. The van der Waals surface area contributed by atoms with Gasteiger partial charge in [0, 0.05) is 24.9 Å². The molecule has 2 aromatic rings. The van der Waals surface area contributed by atoms with E-state index < -0.39 is 0 Å². The van der Waals surface area contributed by atoms with E-state index in [0.29, 0.717) is 11.8 Å². The van der Waals surface area contributed by atoms with E-state index in [1.807, 2.05) is 0 Å². The van der Waals surface area contributed by atoms with Crippen LogP contribution in [0.4, 0.5) is 0 Å². The lowest BCUT2D eigenvalue weighted by atomic mass is 9.97. The maximum absolute atomic E-state index is 6.28. The van der Waals surface area contributed by atoms with Crippen molar-refractivity contribution in [3.8, 4) is 11.5 Å². The predicted octanol–water partition coefficient (Wildman–Crippen LogP) is 5.46. The maximum Gasteiger partial charge on any atom is 0.125 e. The Hall–Kier alpha value is -2.04. The molecule has 0 radical (unpaired) electrons. The lowest BCUT2D eigenvalue weighted by Crippen LogP contribution is -2.33. The SMILES string of the molecule is Cc1cc(CCc2cc(C)c(OCC3CCCNC3)c(C)c2)cc(C)c1OCC1CCCNC1. The molecule has 0 bridgehead atoms. The molecule has 0 aromatic heterocycles. The standard InChI is InChI=1S/C30H44N2O2/c1-21-13-25(14-22(2)29(21)33-19-27-7-5-11-31-17-27)9-10-26-15-23(3)30(24(4)16-26)34-20-28-8-6-12-32-18-28/h13-16,27-28,31-32H,5-12,17-20H2,1-4H3. The molecule has 2 unspecified atom stereocenters. The summed E-state index contributed by atoms with van der Waals surface area (Å²) < 4.78 is 12.6. The lowest BCUT2D eigenvalue weighted by Gasteiger charge is -2.24. The number of benzene rings is 2. The average molecular weight is 465 g/mol. The topological polar surface area (TPSA) is 42.5 Å². The first-order valence-corrected chi connectivity index (χ1v) is 13.4. The maximum atomic E-state index is 6.28. The van der Waals surface area contributed by atoms with Crippen LogP contribution in [0.25, 0.3) is 0 Å². The fraction of sp³-hybridized carbons (Fsp3) is 0.600. The van der Waals surface area contributed by atoms with E-state index in [0.717, 1.165) is 63.7 Å². The van der Waals surface area contributed by atoms with E-state index in [2.05, 4.69) is 62.6 Å². The van der Waals surface area contributed by atoms with Gasteiger partial charge in [-0.05, 0) is 113 Å². The van der Waals surface area contributed by atoms with Gasteiger partial charge in [0.2, 0.25) is 0 Å². The molecule has 34 heavy (non-hydrogen) atoms. The summed E-state index contributed by atoms with van der Waals surface area (Å²) in [5, 5.41) is 6.97. The molecule has 4 heteroatoms. The van der Waals surface area contributed by atoms with Crippen molar-refractivity contribution in [2.24, 2.45) is 11.8 Å². The molecule has 2 saturated heterocycles. The number of rotatable bonds is 9. The van der Waals surface area contributed by atoms with Crippen LogP contribution in [0.2, 0.25) is 0 Å². The van der Waals surface area contributed by atoms with Gasteiger partial charge in [0.15, 0.2) is 0 Å². The highest BCUT2D eigenvalue weighted by Gasteiger charge is 2.17. The first kappa shape index (κ1) is 25.1. The van der Waals surface area contributed by atoms with Gasteiger partial charge in [0.25, 0.3) is 0 Å². The highest BCUT2D eigenvalue weighted by molar-refractivity contribution is 5.45. The first-order valence-electron chi connectivity index (χ1n) is 13.4. The zero-order valence-electron chi connectivity index (χ0n) is 21.8. The second-order valence-corrected chi connectivity index (χ2v) is 10.7. The summed E-state index contributed by atoms with van der Waals surface area (Å²) in [6.45, 7) is 14.8. The third-order valence-corrected chi connectivity index (χ3v) is 7.47. The Bertz CT molecular complexity index is 819. The first-order chi connectivity index (χ1) is 16.5. The summed E-state index contributed by atoms with van der Waals surface area (Å²) in [7, 11) is 0. The van der Waals surface area contributed by atoms with Gasteiger partial charge in [-0.25, -0.2) is 0 Å². The molecule has 2 aromatic carbocycles. The summed E-state index contributed by atoms with van der Waals surface area (Å²) in [6.07, 6.45) is 7.14. The molecule has 2 N–H and O–H groups in total. The minimum Gasteiger partial charge on any atom is -0.493 e. The monoisotopic (exact) mass is 464 g/mol. The molecule has 0 spiro atoms. The van der Waals surface area contributed by atoms with Crippen LogP contribution in [-0.2, 0) is 12.8 Å². The van der Waals surface area contributed by atoms with Gasteiger partial charge in [-0.3, -0.25) is 0 Å². The molecule has 4 rings (SSSR count). The zero-order chi connectivity index (χ0) is 23.9. The summed E-state index contributed by atoms with van der Waals surface area (Å²) >= 11 is 0. The van der Waals surface area contributed by atoms with Crippen molar-refractivity contribution in [1.29, 1.82) is 0 Å². The van der Waals surface area contributed by atoms with E-state index in [-0.39, 0.29) is 0 Å². The highest BCUT2D eigenvalue weighted by Crippen LogP contribution is 2.29. The molecule has 2 atom stereocenters. The van der Waals surface area contributed by atoms with Crippen LogP contribution in [-0.4, -0.2) is 39.4 Å². The second kappa shape index (κ2) is 12.1. The van der Waals surface area contributed by atoms with E-state index in [1.165, 1.54) is 59.1 Å². The summed E-state index contributed by atoms with van der Waals surface area (Å²) in [4.78, 5) is 0. The van der Waals surface area contributed by atoms with Crippen LogP contribution in [0.15, 0.2) is 24.3 Å². The number of aryl methyl sites for hydroxylation is 6. The molecular weight excluding hydrogens is 420 g/mol. The Morgan fingerprint density at radius 3 is 1.35 bits per heavy atom. The molecule has 0 saturated carbocycles. The Kier molecular flexibility index (Phi) is 8.91. The van der Waals surface area contributed by atoms with Crippen LogP contribution < -0.4 is 20.1 Å². The minimum atomic E-state index is 0.630. The third kappa shape index (κ3) is 6.76. The van der Waals surface area contributed by atoms with Crippen molar-refractivity contribution < 1.29 is 9.47 Å². The molecule has 2 aliphatic heterocycles. The normalized spacial score (nSPS) is 20.8. The van der Waals surface area contributed by atoms with Crippen molar-refractivity contribution >= 4 is 0 Å². The molecule has 2 heterocycles. The number of nitrogens with one attached hydrogen (secondary N) is 2. The van der Waals surface area contributed by atoms with Crippen molar-refractivity contribution in [3.63, 3.8) is 0 Å². The minimum absolute atomic E-state index is 0.630. The van der Waals surface area contributed by atoms with Gasteiger partial charge in [-0.1, -0.05) is 24.3 Å². The fourth-order valence-electron chi connectivity index (χ4n) is 5.65. The molecule has 4 nitrogen and oxygen atoms in total.